The lowest BCUT2D eigenvalue weighted by molar-refractivity contribution is 0.365. The van der Waals surface area contributed by atoms with Gasteiger partial charge in [-0.05, 0) is 18.4 Å². The molecule has 0 aliphatic heterocycles. The largest absolute Gasteiger partial charge is 0.368 e. The molecule has 0 unspecified atom stereocenters. The Labute approximate surface area is 108 Å². The van der Waals surface area contributed by atoms with Gasteiger partial charge >= 0.3 is 0 Å². The topological polar surface area (TPSA) is 63.8 Å². The van der Waals surface area contributed by atoms with Crippen LogP contribution in [-0.4, -0.2) is 23.3 Å². The first-order valence-corrected chi connectivity index (χ1v) is 6.27. The van der Waals surface area contributed by atoms with Gasteiger partial charge in [-0.3, -0.25) is 0 Å². The lowest BCUT2D eigenvalue weighted by Crippen LogP contribution is -2.26. The third-order valence-corrected chi connectivity index (χ3v) is 3.13. The molecule has 18 heavy (non-hydrogen) atoms. The smallest absolute Gasteiger partial charge is 0.156 e. The molecule has 0 spiro atoms. The standard InChI is InChI=1S/C14H20N4/c1-14(2,7-8-15)10-16-13-12-6-4-3-5-11(12)9-17-18-13/h3-6,9H,7-8,10,15H2,1-2H3,(H,16,18). The third-order valence-electron chi connectivity index (χ3n) is 3.13. The Morgan fingerprint density at radius 3 is 2.83 bits per heavy atom. The minimum atomic E-state index is 0.160. The molecule has 0 aliphatic carbocycles. The highest BCUT2D eigenvalue weighted by Gasteiger charge is 2.17. The van der Waals surface area contributed by atoms with Crippen LogP contribution in [0, 0.1) is 5.41 Å². The molecule has 0 fully saturated rings. The maximum Gasteiger partial charge on any atom is 0.156 e. The van der Waals surface area contributed by atoms with Crippen molar-refractivity contribution in [2.24, 2.45) is 11.1 Å². The van der Waals surface area contributed by atoms with Gasteiger partial charge in [0.05, 0.1) is 6.20 Å². The highest BCUT2D eigenvalue weighted by Crippen LogP contribution is 2.23. The summed E-state index contributed by atoms with van der Waals surface area (Å²) < 4.78 is 0. The number of rotatable bonds is 5. The maximum absolute atomic E-state index is 5.62. The first kappa shape index (κ1) is 12.8. The van der Waals surface area contributed by atoms with E-state index in [1.165, 1.54) is 0 Å². The fourth-order valence-corrected chi connectivity index (χ4v) is 1.96. The molecule has 0 saturated carbocycles. The number of benzene rings is 1. The zero-order chi connectivity index (χ0) is 13.0. The number of hydrogen-bond acceptors (Lipinski definition) is 4. The summed E-state index contributed by atoms with van der Waals surface area (Å²) in [6, 6.07) is 8.12. The van der Waals surface area contributed by atoms with Crippen LogP contribution in [0.3, 0.4) is 0 Å². The van der Waals surface area contributed by atoms with E-state index in [1.54, 1.807) is 6.20 Å². The minimum Gasteiger partial charge on any atom is -0.368 e. The van der Waals surface area contributed by atoms with Crippen LogP contribution in [0.1, 0.15) is 20.3 Å². The van der Waals surface area contributed by atoms with Crippen molar-refractivity contribution in [1.29, 1.82) is 0 Å². The molecule has 0 amide bonds. The van der Waals surface area contributed by atoms with E-state index in [0.29, 0.717) is 6.54 Å². The first-order chi connectivity index (χ1) is 8.62. The molecule has 0 saturated heterocycles. The monoisotopic (exact) mass is 244 g/mol. The van der Waals surface area contributed by atoms with Crippen LogP contribution in [-0.2, 0) is 0 Å². The fourth-order valence-electron chi connectivity index (χ4n) is 1.96. The SMILES string of the molecule is CC(C)(CCN)CNc1nncc2ccccc12. The summed E-state index contributed by atoms with van der Waals surface area (Å²) >= 11 is 0. The van der Waals surface area contributed by atoms with Crippen molar-refractivity contribution in [3.63, 3.8) is 0 Å². The van der Waals surface area contributed by atoms with E-state index in [2.05, 4.69) is 35.4 Å². The first-order valence-electron chi connectivity index (χ1n) is 6.27. The van der Waals surface area contributed by atoms with Gasteiger partial charge in [0.2, 0.25) is 0 Å². The Hall–Kier alpha value is -1.68. The van der Waals surface area contributed by atoms with Gasteiger partial charge in [0.25, 0.3) is 0 Å². The summed E-state index contributed by atoms with van der Waals surface area (Å²) in [4.78, 5) is 0. The molecule has 0 aliphatic rings. The molecule has 2 rings (SSSR count). The Bertz CT molecular complexity index is 517. The number of fused-ring (bicyclic) bond motifs is 1. The molecule has 1 aromatic carbocycles. The Kier molecular flexibility index (Phi) is 3.77. The van der Waals surface area contributed by atoms with Crippen molar-refractivity contribution in [2.45, 2.75) is 20.3 Å². The summed E-state index contributed by atoms with van der Waals surface area (Å²) in [5.74, 6) is 0.846. The third kappa shape index (κ3) is 2.96. The van der Waals surface area contributed by atoms with Gasteiger partial charge in [-0.1, -0.05) is 38.1 Å². The van der Waals surface area contributed by atoms with Crippen LogP contribution in [0.5, 0.6) is 0 Å². The highest BCUT2D eigenvalue weighted by atomic mass is 15.2. The summed E-state index contributed by atoms with van der Waals surface area (Å²) in [7, 11) is 0. The van der Waals surface area contributed by atoms with Crippen LogP contribution < -0.4 is 11.1 Å². The van der Waals surface area contributed by atoms with Crippen molar-refractivity contribution in [3.05, 3.63) is 30.5 Å². The fraction of sp³-hybridized carbons (Fsp3) is 0.429. The van der Waals surface area contributed by atoms with E-state index in [0.717, 1.165) is 29.6 Å². The van der Waals surface area contributed by atoms with Crippen LogP contribution in [0.2, 0.25) is 0 Å². The average Bonchev–Trinajstić information content (AvgIpc) is 2.36. The molecular weight excluding hydrogens is 224 g/mol. The van der Waals surface area contributed by atoms with Crippen molar-refractivity contribution in [3.8, 4) is 0 Å². The second-order valence-corrected chi connectivity index (χ2v) is 5.34. The van der Waals surface area contributed by atoms with Gasteiger partial charge < -0.3 is 11.1 Å². The highest BCUT2D eigenvalue weighted by molar-refractivity contribution is 5.90. The number of anilines is 1. The molecule has 0 bridgehead atoms. The van der Waals surface area contributed by atoms with Crippen LogP contribution in [0.4, 0.5) is 5.82 Å². The summed E-state index contributed by atoms with van der Waals surface area (Å²) in [6.07, 6.45) is 2.77. The second kappa shape index (κ2) is 5.31. The quantitative estimate of drug-likeness (QED) is 0.847. The molecule has 4 heteroatoms. The van der Waals surface area contributed by atoms with E-state index < -0.39 is 0 Å². The molecule has 1 heterocycles. The van der Waals surface area contributed by atoms with E-state index in [-0.39, 0.29) is 5.41 Å². The second-order valence-electron chi connectivity index (χ2n) is 5.34. The Balaban J connectivity index is 2.17. The molecule has 3 N–H and O–H groups in total. The number of nitrogens with zero attached hydrogens (tertiary/aromatic N) is 2. The zero-order valence-corrected chi connectivity index (χ0v) is 11.0. The van der Waals surface area contributed by atoms with E-state index >= 15 is 0 Å². The normalized spacial score (nSPS) is 11.7. The molecular formula is C14H20N4. The van der Waals surface area contributed by atoms with Crippen molar-refractivity contribution >= 4 is 16.6 Å². The molecule has 96 valence electrons. The van der Waals surface area contributed by atoms with Crippen LogP contribution in [0.15, 0.2) is 30.5 Å². The lowest BCUT2D eigenvalue weighted by atomic mass is 9.89. The molecule has 0 atom stereocenters. The molecule has 4 nitrogen and oxygen atoms in total. The lowest BCUT2D eigenvalue weighted by Gasteiger charge is -2.24. The van der Waals surface area contributed by atoms with Gasteiger partial charge in [-0.15, -0.1) is 5.10 Å². The molecule has 1 aromatic heterocycles. The van der Waals surface area contributed by atoms with Gasteiger partial charge in [-0.25, -0.2) is 0 Å². The Morgan fingerprint density at radius 1 is 1.28 bits per heavy atom. The Morgan fingerprint density at radius 2 is 2.06 bits per heavy atom. The average molecular weight is 244 g/mol. The maximum atomic E-state index is 5.62. The predicted molar refractivity (Wildman–Crippen MR) is 75.5 cm³/mol. The van der Waals surface area contributed by atoms with E-state index in [4.69, 9.17) is 5.73 Å². The van der Waals surface area contributed by atoms with Crippen molar-refractivity contribution < 1.29 is 0 Å². The number of hydrogen-bond donors (Lipinski definition) is 2. The van der Waals surface area contributed by atoms with Crippen molar-refractivity contribution in [1.82, 2.24) is 10.2 Å². The van der Waals surface area contributed by atoms with E-state index in [9.17, 15) is 0 Å². The van der Waals surface area contributed by atoms with Crippen LogP contribution in [0.25, 0.3) is 10.8 Å². The zero-order valence-electron chi connectivity index (χ0n) is 11.0. The molecule has 2 aromatic rings. The summed E-state index contributed by atoms with van der Waals surface area (Å²) in [5.41, 5.74) is 5.78. The number of nitrogens with one attached hydrogen (secondary N) is 1. The number of nitrogens with two attached hydrogens (primary N) is 1. The predicted octanol–water partition coefficient (Wildman–Crippen LogP) is 2.42. The van der Waals surface area contributed by atoms with Crippen LogP contribution >= 0.6 is 0 Å². The minimum absolute atomic E-state index is 0.160. The van der Waals surface area contributed by atoms with Crippen molar-refractivity contribution in [2.75, 3.05) is 18.4 Å². The van der Waals surface area contributed by atoms with Gasteiger partial charge in [0.15, 0.2) is 5.82 Å². The van der Waals surface area contributed by atoms with Gasteiger partial charge in [-0.2, -0.15) is 5.10 Å². The summed E-state index contributed by atoms with van der Waals surface area (Å²) in [5, 5.41) is 13.8. The van der Waals surface area contributed by atoms with Gasteiger partial charge in [0, 0.05) is 17.3 Å². The summed E-state index contributed by atoms with van der Waals surface area (Å²) in [6.45, 7) is 5.94. The molecule has 0 radical (unpaired) electrons. The van der Waals surface area contributed by atoms with E-state index in [1.807, 2.05) is 18.2 Å². The number of aromatic nitrogens is 2. The van der Waals surface area contributed by atoms with Gasteiger partial charge in [0.1, 0.15) is 0 Å².